The number of hydrogen-bond donors (Lipinski definition) is 0. The van der Waals surface area contributed by atoms with Crippen LogP contribution < -0.4 is 0 Å². The summed E-state index contributed by atoms with van der Waals surface area (Å²) in [6.45, 7) is 3.65. The third-order valence-corrected chi connectivity index (χ3v) is 9.16. The summed E-state index contributed by atoms with van der Waals surface area (Å²) in [5.74, 6) is -0.158. The topological polar surface area (TPSA) is 64.4 Å². The van der Waals surface area contributed by atoms with Crippen molar-refractivity contribution in [3.63, 3.8) is 0 Å². The minimum Gasteiger partial charge on any atom is -0.319 e. The predicted molar refractivity (Wildman–Crippen MR) is 93.5 cm³/mol. The van der Waals surface area contributed by atoms with Gasteiger partial charge in [0.25, 0.3) is 11.8 Å². The summed E-state index contributed by atoms with van der Waals surface area (Å²) in [6, 6.07) is 11.6. The number of nitriles is 1. The third kappa shape index (κ3) is 1.63. The van der Waals surface area contributed by atoms with E-state index in [2.05, 4.69) is 6.07 Å². The van der Waals surface area contributed by atoms with Crippen molar-refractivity contribution in [3.05, 3.63) is 35.9 Å². The molecule has 5 nitrogen and oxygen atoms in total. The second-order valence-electron chi connectivity index (χ2n) is 6.99. The molecular weight excluding hydrogens is 342 g/mol. The summed E-state index contributed by atoms with van der Waals surface area (Å²) in [5, 5.41) is 9.90. The third-order valence-electron chi connectivity index (χ3n) is 5.46. The van der Waals surface area contributed by atoms with Gasteiger partial charge < -0.3 is 9.80 Å². The molecular formula is C17H17N3O2S2. The molecule has 0 radical (unpaired) electrons. The van der Waals surface area contributed by atoms with Crippen LogP contribution in [0, 0.1) is 16.7 Å². The van der Waals surface area contributed by atoms with Gasteiger partial charge in [0.2, 0.25) is 0 Å². The van der Waals surface area contributed by atoms with Crippen LogP contribution in [-0.4, -0.2) is 38.4 Å². The van der Waals surface area contributed by atoms with E-state index in [1.54, 1.807) is 23.8 Å². The van der Waals surface area contributed by atoms with Crippen molar-refractivity contribution < 1.29 is 9.59 Å². The van der Waals surface area contributed by atoms with E-state index in [-0.39, 0.29) is 11.8 Å². The molecule has 0 aromatic heterocycles. The number of fused-ring (bicyclic) bond motifs is 2. The molecule has 1 aromatic carbocycles. The van der Waals surface area contributed by atoms with Crippen LogP contribution in [0.3, 0.4) is 0 Å². The first-order chi connectivity index (χ1) is 11.3. The first-order valence-corrected chi connectivity index (χ1v) is 9.90. The highest BCUT2D eigenvalue weighted by Gasteiger charge is 2.74. The molecule has 7 heteroatoms. The Morgan fingerprint density at radius 3 is 2.46 bits per heavy atom. The molecule has 4 atom stereocenters. The van der Waals surface area contributed by atoms with Gasteiger partial charge in [-0.15, -0.1) is 0 Å². The second kappa shape index (κ2) is 4.70. The fraction of sp³-hybridized carbons (Fsp3) is 0.471. The van der Waals surface area contributed by atoms with Crippen molar-refractivity contribution >= 4 is 33.4 Å². The van der Waals surface area contributed by atoms with Crippen LogP contribution in [0.15, 0.2) is 30.3 Å². The number of rotatable bonds is 1. The predicted octanol–water partition coefficient (Wildman–Crippen LogP) is 2.77. The number of nitrogens with zero attached hydrogens (tertiary/aromatic N) is 3. The fourth-order valence-electron chi connectivity index (χ4n) is 4.06. The summed E-state index contributed by atoms with van der Waals surface area (Å²) >= 11 is 0. The Hall–Kier alpha value is -1.65. The molecule has 5 rings (SSSR count). The standard InChI is InChI=1S/C17H17N3O2S2/c1-15(10-18)9-17-14(22)19(3)16(2,23-24-17)13(21)20(17)12(15)11-7-5-4-6-8-11/h4-8,12H,9H2,1-3H3/t12?,15-,16-,17+/m1/s1. The molecule has 4 fully saturated rings. The normalized spacial score (nSPS) is 40.7. The number of likely N-dealkylation sites (N-methyl/N-ethyl adjacent to an activating group) is 1. The van der Waals surface area contributed by atoms with Crippen molar-refractivity contribution in [3.8, 4) is 6.07 Å². The maximum atomic E-state index is 13.3. The first-order valence-electron chi connectivity index (χ1n) is 7.75. The van der Waals surface area contributed by atoms with Crippen LogP contribution in [0.25, 0.3) is 0 Å². The largest absolute Gasteiger partial charge is 0.319 e. The van der Waals surface area contributed by atoms with Crippen LogP contribution in [0.5, 0.6) is 0 Å². The summed E-state index contributed by atoms with van der Waals surface area (Å²) in [6.07, 6.45) is 0.346. The quantitative estimate of drug-likeness (QED) is 0.722. The van der Waals surface area contributed by atoms with Crippen LogP contribution in [0.2, 0.25) is 0 Å². The first kappa shape index (κ1) is 15.9. The van der Waals surface area contributed by atoms with Gasteiger partial charge in [-0.1, -0.05) is 51.9 Å². The van der Waals surface area contributed by atoms with Crippen LogP contribution in [-0.2, 0) is 9.59 Å². The van der Waals surface area contributed by atoms with Crippen molar-refractivity contribution in [2.45, 2.75) is 36.1 Å². The number of carbonyl (C=O) groups excluding carboxylic acids is 2. The highest BCUT2D eigenvalue weighted by Crippen LogP contribution is 2.69. The highest BCUT2D eigenvalue weighted by atomic mass is 33.1. The lowest BCUT2D eigenvalue weighted by molar-refractivity contribution is -0.164. The Labute approximate surface area is 148 Å². The monoisotopic (exact) mass is 359 g/mol. The number of benzene rings is 1. The van der Waals surface area contributed by atoms with Gasteiger partial charge in [-0.3, -0.25) is 9.59 Å². The van der Waals surface area contributed by atoms with E-state index in [1.807, 2.05) is 37.3 Å². The van der Waals surface area contributed by atoms with Crippen LogP contribution in [0.1, 0.15) is 31.9 Å². The van der Waals surface area contributed by atoms with Gasteiger partial charge in [-0.25, -0.2) is 0 Å². The smallest absolute Gasteiger partial charge is 0.261 e. The fourth-order valence-corrected chi connectivity index (χ4v) is 7.64. The molecule has 0 aliphatic carbocycles. The van der Waals surface area contributed by atoms with Gasteiger partial charge in [-0.05, 0) is 19.4 Å². The molecule has 4 heterocycles. The number of piperazine rings is 1. The van der Waals surface area contributed by atoms with E-state index in [9.17, 15) is 14.9 Å². The van der Waals surface area contributed by atoms with E-state index in [4.69, 9.17) is 0 Å². The number of amides is 2. The lowest BCUT2D eigenvalue weighted by Crippen LogP contribution is -2.73. The number of carbonyl (C=O) groups is 2. The molecule has 4 aliphatic rings. The van der Waals surface area contributed by atoms with Crippen LogP contribution in [0.4, 0.5) is 0 Å². The average Bonchev–Trinajstić information content (AvgIpc) is 2.87. The van der Waals surface area contributed by atoms with Gasteiger partial charge in [0, 0.05) is 13.5 Å². The van der Waals surface area contributed by atoms with Gasteiger partial charge in [0.1, 0.15) is 0 Å². The molecule has 2 amide bonds. The SMILES string of the molecule is CN1C(=O)[C@@]23C[C@](C)(C#N)C(c4ccccc4)N2C(=O)[C@@]1(C)SS3. The Morgan fingerprint density at radius 1 is 1.17 bits per heavy atom. The zero-order chi connectivity index (χ0) is 17.3. The molecule has 24 heavy (non-hydrogen) atoms. The van der Waals surface area contributed by atoms with Gasteiger partial charge in [-0.2, -0.15) is 5.26 Å². The van der Waals surface area contributed by atoms with Crippen molar-refractivity contribution in [1.82, 2.24) is 9.80 Å². The molecule has 2 bridgehead atoms. The molecule has 1 unspecified atom stereocenters. The summed E-state index contributed by atoms with van der Waals surface area (Å²) < 4.78 is 0. The van der Waals surface area contributed by atoms with Crippen molar-refractivity contribution in [2.24, 2.45) is 5.41 Å². The van der Waals surface area contributed by atoms with E-state index < -0.39 is 21.2 Å². The van der Waals surface area contributed by atoms with E-state index in [0.717, 1.165) is 5.56 Å². The maximum Gasteiger partial charge on any atom is 0.261 e. The molecule has 4 aliphatic heterocycles. The molecule has 0 saturated carbocycles. The molecule has 4 saturated heterocycles. The van der Waals surface area contributed by atoms with Gasteiger partial charge in [0.05, 0.1) is 17.5 Å². The lowest BCUT2D eigenvalue weighted by atomic mass is 9.79. The second-order valence-corrected chi connectivity index (χ2v) is 9.80. The molecule has 0 N–H and O–H groups in total. The Morgan fingerprint density at radius 2 is 1.83 bits per heavy atom. The Kier molecular flexibility index (Phi) is 3.11. The van der Waals surface area contributed by atoms with Crippen LogP contribution >= 0.6 is 21.6 Å². The highest BCUT2D eigenvalue weighted by molar-refractivity contribution is 8.78. The number of hydrogen-bond acceptors (Lipinski definition) is 5. The van der Waals surface area contributed by atoms with Crippen molar-refractivity contribution in [2.75, 3.05) is 7.05 Å². The van der Waals surface area contributed by atoms with Crippen molar-refractivity contribution in [1.29, 1.82) is 5.26 Å². The Bertz CT molecular complexity index is 795. The van der Waals surface area contributed by atoms with E-state index in [1.165, 1.54) is 21.6 Å². The van der Waals surface area contributed by atoms with E-state index >= 15 is 0 Å². The summed E-state index contributed by atoms with van der Waals surface area (Å²) in [5.41, 5.74) is 0.0976. The lowest BCUT2D eigenvalue weighted by Gasteiger charge is -2.57. The summed E-state index contributed by atoms with van der Waals surface area (Å²) in [4.78, 5) is 27.8. The average molecular weight is 359 g/mol. The zero-order valence-electron chi connectivity index (χ0n) is 13.6. The molecule has 1 spiro atoms. The van der Waals surface area contributed by atoms with Gasteiger partial charge >= 0.3 is 0 Å². The minimum atomic E-state index is -0.987. The zero-order valence-corrected chi connectivity index (χ0v) is 15.3. The minimum absolute atomic E-state index is 0.0757. The molecule has 1 aromatic rings. The maximum absolute atomic E-state index is 13.3. The van der Waals surface area contributed by atoms with Gasteiger partial charge in [0.15, 0.2) is 9.74 Å². The Balaban J connectivity index is 1.95. The van der Waals surface area contributed by atoms with E-state index in [0.29, 0.717) is 6.42 Å². The summed E-state index contributed by atoms with van der Waals surface area (Å²) in [7, 11) is 4.56. The molecule has 124 valence electrons.